The first-order valence-corrected chi connectivity index (χ1v) is 7.44. The fourth-order valence-corrected chi connectivity index (χ4v) is 2.04. The van der Waals surface area contributed by atoms with Gasteiger partial charge >= 0.3 is 0 Å². The number of hydrogen-bond donors (Lipinski definition) is 3. The van der Waals surface area contributed by atoms with E-state index in [1.807, 2.05) is 30.3 Å². The summed E-state index contributed by atoms with van der Waals surface area (Å²) in [6.45, 7) is 0.847. The van der Waals surface area contributed by atoms with Gasteiger partial charge in [0, 0.05) is 24.9 Å². The van der Waals surface area contributed by atoms with Crippen molar-refractivity contribution in [2.45, 2.75) is 12.5 Å². The minimum Gasteiger partial charge on any atom is -0.497 e. The van der Waals surface area contributed by atoms with Gasteiger partial charge in [-0.2, -0.15) is 0 Å². The van der Waals surface area contributed by atoms with Crippen LogP contribution in [0.4, 0.5) is 0 Å². The van der Waals surface area contributed by atoms with E-state index in [9.17, 15) is 5.11 Å². The Balaban J connectivity index is 0.00000288. The molecule has 1 atom stereocenters. The van der Waals surface area contributed by atoms with Gasteiger partial charge in [-0.25, -0.2) is 0 Å². The van der Waals surface area contributed by atoms with E-state index >= 15 is 0 Å². The van der Waals surface area contributed by atoms with E-state index in [1.54, 1.807) is 25.4 Å². The second-order valence-corrected chi connectivity index (χ2v) is 5.01. The summed E-state index contributed by atoms with van der Waals surface area (Å²) >= 11 is 0. The van der Waals surface area contributed by atoms with Crippen molar-refractivity contribution in [3.05, 3.63) is 59.9 Å². The Hall–Kier alpha value is -1.87. The molecule has 0 saturated carbocycles. The van der Waals surface area contributed by atoms with Crippen LogP contribution in [0.1, 0.15) is 17.4 Å². The summed E-state index contributed by atoms with van der Waals surface area (Å²) in [5.74, 6) is 1.06. The lowest BCUT2D eigenvalue weighted by Gasteiger charge is -2.10. The quantitative estimate of drug-likeness (QED) is 0.346. The van der Waals surface area contributed by atoms with Crippen LogP contribution >= 0.6 is 24.0 Å². The molecule has 0 saturated heterocycles. The highest BCUT2D eigenvalue weighted by molar-refractivity contribution is 14.0. The van der Waals surface area contributed by atoms with E-state index in [0.717, 1.165) is 23.4 Å². The SMILES string of the molecule is COc1ccc(C(O)CN=C(N)NCCc2ccccn2)cc1.I. The van der Waals surface area contributed by atoms with E-state index in [-0.39, 0.29) is 30.5 Å². The first-order valence-electron chi connectivity index (χ1n) is 7.44. The number of aliphatic hydroxyl groups excluding tert-OH is 1. The van der Waals surface area contributed by atoms with E-state index in [2.05, 4.69) is 15.3 Å². The lowest BCUT2D eigenvalue weighted by molar-refractivity contribution is 0.187. The van der Waals surface area contributed by atoms with Gasteiger partial charge in [0.1, 0.15) is 5.75 Å². The second kappa shape index (κ2) is 10.8. The normalized spacial score (nSPS) is 12.2. The molecular weight excluding hydrogens is 419 g/mol. The number of nitrogens with zero attached hydrogens (tertiary/aromatic N) is 2. The number of aromatic nitrogens is 1. The Labute approximate surface area is 159 Å². The number of nitrogens with one attached hydrogen (secondary N) is 1. The van der Waals surface area contributed by atoms with Gasteiger partial charge in [-0.05, 0) is 29.8 Å². The molecule has 2 aromatic rings. The minimum absolute atomic E-state index is 0. The van der Waals surface area contributed by atoms with E-state index < -0.39 is 6.10 Å². The van der Waals surface area contributed by atoms with Crippen LogP contribution in [0.3, 0.4) is 0 Å². The molecule has 0 spiro atoms. The van der Waals surface area contributed by atoms with Crippen LogP contribution in [0.15, 0.2) is 53.7 Å². The fourth-order valence-electron chi connectivity index (χ4n) is 2.04. The van der Waals surface area contributed by atoms with Crippen molar-refractivity contribution in [3.8, 4) is 5.75 Å². The van der Waals surface area contributed by atoms with Crippen molar-refractivity contribution >= 4 is 29.9 Å². The molecule has 6 nitrogen and oxygen atoms in total. The lowest BCUT2D eigenvalue weighted by Crippen LogP contribution is -2.33. The minimum atomic E-state index is -0.697. The van der Waals surface area contributed by atoms with Gasteiger partial charge < -0.3 is 20.9 Å². The number of ether oxygens (including phenoxy) is 1. The summed E-state index contributed by atoms with van der Waals surface area (Å²) in [6.07, 6.45) is 1.83. The Bertz CT molecular complexity index is 620. The molecule has 0 aliphatic heterocycles. The number of pyridine rings is 1. The standard InChI is InChI=1S/C17H22N4O2.HI/c1-23-15-7-5-13(6-8-15)16(22)12-21-17(18)20-11-9-14-4-2-3-10-19-14;/h2-8,10,16,22H,9,11-12H2,1H3,(H3,18,20,21);1H. The average molecular weight is 442 g/mol. The lowest BCUT2D eigenvalue weighted by atomic mass is 10.1. The molecule has 0 amide bonds. The number of aliphatic hydroxyl groups is 1. The maximum Gasteiger partial charge on any atom is 0.188 e. The zero-order chi connectivity index (χ0) is 16.5. The van der Waals surface area contributed by atoms with Crippen molar-refractivity contribution in [1.29, 1.82) is 0 Å². The fraction of sp³-hybridized carbons (Fsp3) is 0.294. The predicted molar refractivity (Wildman–Crippen MR) is 106 cm³/mol. The van der Waals surface area contributed by atoms with Gasteiger partial charge in [-0.1, -0.05) is 18.2 Å². The molecular formula is C17H23IN4O2. The Morgan fingerprint density at radius 3 is 2.67 bits per heavy atom. The maximum absolute atomic E-state index is 10.1. The molecule has 2 rings (SSSR count). The zero-order valence-corrected chi connectivity index (χ0v) is 15.9. The van der Waals surface area contributed by atoms with Gasteiger partial charge in [-0.3, -0.25) is 9.98 Å². The van der Waals surface area contributed by atoms with Gasteiger partial charge in [0.15, 0.2) is 5.96 Å². The Kier molecular flexibility index (Phi) is 9.10. The topological polar surface area (TPSA) is 92.8 Å². The summed E-state index contributed by atoms with van der Waals surface area (Å²) in [7, 11) is 1.60. The second-order valence-electron chi connectivity index (χ2n) is 5.01. The molecule has 0 aliphatic carbocycles. The van der Waals surface area contributed by atoms with Crippen molar-refractivity contribution in [1.82, 2.24) is 10.3 Å². The van der Waals surface area contributed by atoms with Crippen molar-refractivity contribution in [2.75, 3.05) is 20.2 Å². The monoisotopic (exact) mass is 442 g/mol. The van der Waals surface area contributed by atoms with Gasteiger partial charge in [-0.15, -0.1) is 24.0 Å². The summed E-state index contributed by atoms with van der Waals surface area (Å²) in [5, 5.41) is 13.1. The summed E-state index contributed by atoms with van der Waals surface area (Å²) < 4.78 is 5.08. The highest BCUT2D eigenvalue weighted by atomic mass is 127. The van der Waals surface area contributed by atoms with Crippen LogP contribution in [-0.2, 0) is 6.42 Å². The number of methoxy groups -OCH3 is 1. The molecule has 1 aromatic heterocycles. The van der Waals surface area contributed by atoms with Crippen LogP contribution < -0.4 is 15.8 Å². The van der Waals surface area contributed by atoms with Crippen LogP contribution in [0.25, 0.3) is 0 Å². The molecule has 0 radical (unpaired) electrons. The first-order chi connectivity index (χ1) is 11.2. The number of nitrogens with two attached hydrogens (primary N) is 1. The molecule has 0 bridgehead atoms. The van der Waals surface area contributed by atoms with Crippen molar-refractivity contribution in [2.24, 2.45) is 10.7 Å². The molecule has 7 heteroatoms. The van der Waals surface area contributed by atoms with E-state index in [4.69, 9.17) is 10.5 Å². The molecule has 24 heavy (non-hydrogen) atoms. The Morgan fingerprint density at radius 1 is 1.29 bits per heavy atom. The molecule has 130 valence electrons. The molecule has 0 aliphatic rings. The number of rotatable bonds is 7. The van der Waals surface area contributed by atoms with Crippen LogP contribution in [0.5, 0.6) is 5.75 Å². The smallest absolute Gasteiger partial charge is 0.188 e. The van der Waals surface area contributed by atoms with Crippen LogP contribution in [0.2, 0.25) is 0 Å². The van der Waals surface area contributed by atoms with E-state index in [1.165, 1.54) is 0 Å². The number of guanidine groups is 1. The predicted octanol–water partition coefficient (Wildman–Crippen LogP) is 1.89. The average Bonchev–Trinajstić information content (AvgIpc) is 2.60. The molecule has 1 heterocycles. The van der Waals surface area contributed by atoms with Crippen LogP contribution in [-0.4, -0.2) is 36.2 Å². The number of hydrogen-bond acceptors (Lipinski definition) is 4. The van der Waals surface area contributed by atoms with Gasteiger partial charge in [0.05, 0.1) is 19.8 Å². The Morgan fingerprint density at radius 2 is 2.04 bits per heavy atom. The number of halogens is 1. The summed E-state index contributed by atoms with van der Waals surface area (Å²) in [4.78, 5) is 8.39. The van der Waals surface area contributed by atoms with Gasteiger partial charge in [0.25, 0.3) is 0 Å². The third-order valence-corrected chi connectivity index (χ3v) is 3.35. The maximum atomic E-state index is 10.1. The molecule has 4 N–H and O–H groups in total. The summed E-state index contributed by atoms with van der Waals surface area (Å²) in [5.41, 5.74) is 7.56. The van der Waals surface area contributed by atoms with E-state index in [0.29, 0.717) is 12.5 Å². The highest BCUT2D eigenvalue weighted by Gasteiger charge is 2.07. The zero-order valence-electron chi connectivity index (χ0n) is 13.6. The third kappa shape index (κ3) is 6.71. The number of aliphatic imine (C=N–C) groups is 1. The van der Waals surface area contributed by atoms with Crippen molar-refractivity contribution in [3.63, 3.8) is 0 Å². The van der Waals surface area contributed by atoms with Gasteiger partial charge in [0.2, 0.25) is 0 Å². The number of benzene rings is 1. The first kappa shape index (κ1) is 20.2. The summed E-state index contributed by atoms with van der Waals surface area (Å²) in [6, 6.07) is 13.0. The molecule has 0 fully saturated rings. The highest BCUT2D eigenvalue weighted by Crippen LogP contribution is 2.17. The molecule has 1 unspecified atom stereocenters. The largest absolute Gasteiger partial charge is 0.497 e. The molecule has 1 aromatic carbocycles. The third-order valence-electron chi connectivity index (χ3n) is 3.35. The van der Waals surface area contributed by atoms with Crippen LogP contribution in [0, 0.1) is 0 Å². The van der Waals surface area contributed by atoms with Crippen molar-refractivity contribution < 1.29 is 9.84 Å².